The molecule has 84 valence electrons. The minimum Gasteiger partial charge on any atom is -0.350 e. The zero-order chi connectivity index (χ0) is 11.1. The molecule has 0 saturated heterocycles. The van der Waals surface area contributed by atoms with Crippen LogP contribution in [0.5, 0.6) is 0 Å². The van der Waals surface area contributed by atoms with Gasteiger partial charge in [-0.1, -0.05) is 11.6 Å². The molecule has 0 aliphatic heterocycles. The molecule has 0 amide bonds. The van der Waals surface area contributed by atoms with E-state index in [1.807, 2.05) is 6.07 Å². The van der Waals surface area contributed by atoms with Crippen LogP contribution in [0, 0.1) is 0 Å². The molecule has 0 radical (unpaired) electrons. The maximum absolute atomic E-state index is 6.05. The SMILES string of the molecule is Cn1cc(CNC2CC2)c2cc(Cl)ccc21. The Balaban J connectivity index is 1.98. The van der Waals surface area contributed by atoms with E-state index in [1.54, 1.807) is 0 Å². The van der Waals surface area contributed by atoms with Crippen molar-refractivity contribution < 1.29 is 0 Å². The zero-order valence-electron chi connectivity index (χ0n) is 9.33. The maximum Gasteiger partial charge on any atom is 0.0482 e. The number of rotatable bonds is 3. The highest BCUT2D eigenvalue weighted by molar-refractivity contribution is 6.31. The Morgan fingerprint density at radius 1 is 1.44 bits per heavy atom. The fourth-order valence-electron chi connectivity index (χ4n) is 2.13. The van der Waals surface area contributed by atoms with Crippen molar-refractivity contribution in [2.75, 3.05) is 0 Å². The number of nitrogens with zero attached hydrogens (tertiary/aromatic N) is 1. The summed E-state index contributed by atoms with van der Waals surface area (Å²) in [4.78, 5) is 0. The summed E-state index contributed by atoms with van der Waals surface area (Å²) in [7, 11) is 2.08. The van der Waals surface area contributed by atoms with Crippen LogP contribution in [0.25, 0.3) is 10.9 Å². The van der Waals surface area contributed by atoms with Crippen LogP contribution in [0.1, 0.15) is 18.4 Å². The third-order valence-corrected chi connectivity index (χ3v) is 3.43. The second kappa shape index (κ2) is 3.79. The van der Waals surface area contributed by atoms with Crippen molar-refractivity contribution in [2.45, 2.75) is 25.4 Å². The summed E-state index contributed by atoms with van der Waals surface area (Å²) in [5, 5.41) is 5.62. The van der Waals surface area contributed by atoms with Gasteiger partial charge < -0.3 is 9.88 Å². The average Bonchev–Trinajstić information content (AvgIpc) is 3.03. The van der Waals surface area contributed by atoms with E-state index in [4.69, 9.17) is 11.6 Å². The number of aryl methyl sites for hydroxylation is 1. The van der Waals surface area contributed by atoms with Crippen LogP contribution in [0.4, 0.5) is 0 Å². The number of halogens is 1. The van der Waals surface area contributed by atoms with Gasteiger partial charge in [0.15, 0.2) is 0 Å². The van der Waals surface area contributed by atoms with E-state index in [2.05, 4.69) is 35.3 Å². The van der Waals surface area contributed by atoms with E-state index in [1.165, 1.54) is 29.3 Å². The Morgan fingerprint density at radius 2 is 2.25 bits per heavy atom. The molecule has 1 aliphatic carbocycles. The molecule has 0 bridgehead atoms. The fourth-order valence-corrected chi connectivity index (χ4v) is 2.30. The molecule has 1 N–H and O–H groups in total. The summed E-state index contributed by atoms with van der Waals surface area (Å²) in [5.41, 5.74) is 2.59. The van der Waals surface area contributed by atoms with E-state index in [0.717, 1.165) is 17.6 Å². The topological polar surface area (TPSA) is 17.0 Å². The Kier molecular flexibility index (Phi) is 2.41. The third kappa shape index (κ3) is 1.83. The average molecular weight is 235 g/mol. The third-order valence-electron chi connectivity index (χ3n) is 3.19. The first-order valence-electron chi connectivity index (χ1n) is 5.71. The van der Waals surface area contributed by atoms with Gasteiger partial charge in [0.05, 0.1) is 0 Å². The highest BCUT2D eigenvalue weighted by atomic mass is 35.5. The molecule has 0 spiro atoms. The molecule has 2 nitrogen and oxygen atoms in total. The molecule has 3 heteroatoms. The maximum atomic E-state index is 6.05. The lowest BCUT2D eigenvalue weighted by Crippen LogP contribution is -2.14. The molecule has 1 saturated carbocycles. The second-order valence-electron chi connectivity index (χ2n) is 4.58. The van der Waals surface area contributed by atoms with Gasteiger partial charge >= 0.3 is 0 Å². The van der Waals surface area contributed by atoms with Crippen molar-refractivity contribution in [1.82, 2.24) is 9.88 Å². The lowest BCUT2D eigenvalue weighted by Gasteiger charge is -2.01. The number of nitrogens with one attached hydrogen (secondary N) is 1. The fraction of sp³-hybridized carbons (Fsp3) is 0.385. The Labute approximate surface area is 100 Å². The number of aromatic nitrogens is 1. The Bertz CT molecular complexity index is 526. The van der Waals surface area contributed by atoms with Gasteiger partial charge in [0.1, 0.15) is 0 Å². The predicted molar refractivity (Wildman–Crippen MR) is 67.8 cm³/mol. The van der Waals surface area contributed by atoms with Crippen LogP contribution in [0.2, 0.25) is 5.02 Å². The van der Waals surface area contributed by atoms with E-state index in [0.29, 0.717) is 0 Å². The van der Waals surface area contributed by atoms with Crippen LogP contribution < -0.4 is 5.32 Å². The first-order chi connectivity index (χ1) is 7.74. The molecule has 0 unspecified atom stereocenters. The minimum atomic E-state index is 0.745. The number of benzene rings is 1. The van der Waals surface area contributed by atoms with Gasteiger partial charge in [0.25, 0.3) is 0 Å². The molecule has 1 heterocycles. The number of hydrogen-bond donors (Lipinski definition) is 1. The van der Waals surface area contributed by atoms with Crippen LogP contribution in [0.15, 0.2) is 24.4 Å². The normalized spacial score (nSPS) is 15.9. The summed E-state index contributed by atoms with van der Waals surface area (Å²) in [6.45, 7) is 0.947. The largest absolute Gasteiger partial charge is 0.350 e. The molecule has 3 rings (SSSR count). The smallest absolute Gasteiger partial charge is 0.0482 e. The summed E-state index contributed by atoms with van der Waals surface area (Å²) in [6.07, 6.45) is 4.84. The van der Waals surface area contributed by atoms with Gasteiger partial charge in [-0.15, -0.1) is 0 Å². The standard InChI is InChI=1S/C13H15ClN2/c1-16-8-9(7-15-11-3-4-11)12-6-10(14)2-5-13(12)16/h2,5-6,8,11,15H,3-4,7H2,1H3. The lowest BCUT2D eigenvalue weighted by molar-refractivity contribution is 0.689. The molecule has 16 heavy (non-hydrogen) atoms. The van der Waals surface area contributed by atoms with E-state index >= 15 is 0 Å². The number of fused-ring (bicyclic) bond motifs is 1. The molecule has 2 aromatic rings. The summed E-state index contributed by atoms with van der Waals surface area (Å²) in [5.74, 6) is 0. The van der Waals surface area contributed by atoms with Crippen molar-refractivity contribution in [3.8, 4) is 0 Å². The van der Waals surface area contributed by atoms with Gasteiger partial charge in [-0.05, 0) is 36.6 Å². The van der Waals surface area contributed by atoms with Gasteiger partial charge in [0.2, 0.25) is 0 Å². The monoisotopic (exact) mass is 234 g/mol. The Morgan fingerprint density at radius 3 is 3.00 bits per heavy atom. The van der Waals surface area contributed by atoms with Crippen molar-refractivity contribution in [2.24, 2.45) is 7.05 Å². The quantitative estimate of drug-likeness (QED) is 0.864. The highest BCUT2D eigenvalue weighted by Gasteiger charge is 2.20. The minimum absolute atomic E-state index is 0.745. The van der Waals surface area contributed by atoms with Crippen LogP contribution >= 0.6 is 11.6 Å². The first kappa shape index (κ1) is 10.2. The summed E-state index contributed by atoms with van der Waals surface area (Å²) < 4.78 is 2.16. The lowest BCUT2D eigenvalue weighted by atomic mass is 10.2. The van der Waals surface area contributed by atoms with Crippen molar-refractivity contribution in [1.29, 1.82) is 0 Å². The first-order valence-corrected chi connectivity index (χ1v) is 6.08. The van der Waals surface area contributed by atoms with Gasteiger partial charge in [-0.25, -0.2) is 0 Å². The molecule has 1 aromatic carbocycles. The van der Waals surface area contributed by atoms with E-state index in [-0.39, 0.29) is 0 Å². The van der Waals surface area contributed by atoms with Crippen molar-refractivity contribution in [3.63, 3.8) is 0 Å². The molecular formula is C13H15ClN2. The molecule has 1 aromatic heterocycles. The summed E-state index contributed by atoms with van der Waals surface area (Å²) in [6, 6.07) is 6.83. The second-order valence-corrected chi connectivity index (χ2v) is 5.02. The van der Waals surface area contributed by atoms with Crippen molar-refractivity contribution >= 4 is 22.5 Å². The summed E-state index contributed by atoms with van der Waals surface area (Å²) >= 11 is 6.05. The van der Waals surface area contributed by atoms with Gasteiger partial charge in [-0.3, -0.25) is 0 Å². The van der Waals surface area contributed by atoms with Crippen LogP contribution in [-0.4, -0.2) is 10.6 Å². The molecular weight excluding hydrogens is 220 g/mol. The highest BCUT2D eigenvalue weighted by Crippen LogP contribution is 2.25. The molecule has 1 aliphatic rings. The Hall–Kier alpha value is -0.990. The van der Waals surface area contributed by atoms with Gasteiger partial charge in [0, 0.05) is 41.8 Å². The zero-order valence-corrected chi connectivity index (χ0v) is 10.1. The van der Waals surface area contributed by atoms with E-state index < -0.39 is 0 Å². The number of hydrogen-bond acceptors (Lipinski definition) is 1. The van der Waals surface area contributed by atoms with Crippen LogP contribution in [-0.2, 0) is 13.6 Å². The van der Waals surface area contributed by atoms with Gasteiger partial charge in [-0.2, -0.15) is 0 Å². The predicted octanol–water partition coefficient (Wildman–Crippen LogP) is 3.08. The van der Waals surface area contributed by atoms with Crippen molar-refractivity contribution in [3.05, 3.63) is 35.0 Å². The molecule has 1 fully saturated rings. The molecule has 0 atom stereocenters. The van der Waals surface area contributed by atoms with Crippen LogP contribution in [0.3, 0.4) is 0 Å². The van der Waals surface area contributed by atoms with E-state index in [9.17, 15) is 0 Å².